The Morgan fingerprint density at radius 2 is 1.50 bits per heavy atom. The van der Waals surface area contributed by atoms with Crippen LogP contribution in [0.3, 0.4) is 0 Å². The van der Waals surface area contributed by atoms with Gasteiger partial charge in [0.2, 0.25) is 5.91 Å². The lowest BCUT2D eigenvalue weighted by atomic mass is 9.83. The average molecular weight is 277 g/mol. The van der Waals surface area contributed by atoms with Crippen molar-refractivity contribution in [2.45, 2.75) is 31.7 Å². The number of hydrogen-bond donors (Lipinski definition) is 1. The first-order chi connectivity index (χ1) is 9.42. The van der Waals surface area contributed by atoms with Crippen molar-refractivity contribution in [2.24, 2.45) is 0 Å². The molecule has 1 N–H and O–H groups in total. The molecule has 106 valence electrons. The minimum atomic E-state index is -0.113. The zero-order valence-corrected chi connectivity index (χ0v) is 11.2. The normalized spacial score (nSPS) is 18.1. The molecule has 1 aromatic carbocycles. The Morgan fingerprint density at radius 3 is 1.85 bits per heavy atom. The van der Waals surface area contributed by atoms with Crippen LogP contribution in [-0.2, 0) is 24.0 Å². The first kappa shape index (κ1) is 17.4. The Hall–Kier alpha value is -2.55. The summed E-state index contributed by atoms with van der Waals surface area (Å²) < 4.78 is 0. The predicted molar refractivity (Wildman–Crippen MR) is 66.0 cm³/mol. The molecule has 1 aliphatic rings. The quantitative estimate of drug-likeness (QED) is 0.822. The summed E-state index contributed by atoms with van der Waals surface area (Å²) in [5, 5.41) is 3.00. The zero-order valence-electron chi connectivity index (χ0n) is 11.2. The molecule has 6 heteroatoms. The molecule has 0 aromatic heterocycles. The van der Waals surface area contributed by atoms with Crippen molar-refractivity contribution in [1.29, 1.82) is 0 Å². The van der Waals surface area contributed by atoms with Gasteiger partial charge < -0.3 is 5.32 Å². The van der Waals surface area contributed by atoms with E-state index in [1.54, 1.807) is 0 Å². The second-order valence-corrected chi connectivity index (χ2v) is 4.60. The molecule has 1 aliphatic heterocycles. The minimum absolute atomic E-state index is 0.113. The number of carbonyl (C=O) groups is 1. The topological polar surface area (TPSA) is 97.4 Å². The maximum atomic E-state index is 11.3. The van der Waals surface area contributed by atoms with Crippen molar-refractivity contribution >= 4 is 18.2 Å². The van der Waals surface area contributed by atoms with Gasteiger partial charge in [0.25, 0.3) is 0 Å². The summed E-state index contributed by atoms with van der Waals surface area (Å²) in [6.45, 7) is 4.16. The molecule has 0 radical (unpaired) electrons. The Kier molecular flexibility index (Phi) is 7.45. The number of amides is 1. The molecule has 0 aliphatic carbocycles. The van der Waals surface area contributed by atoms with E-state index < -0.39 is 0 Å². The molecule has 1 saturated heterocycles. The van der Waals surface area contributed by atoms with Crippen LogP contribution < -0.4 is 5.32 Å². The molecule has 0 unspecified atom stereocenters. The van der Waals surface area contributed by atoms with Gasteiger partial charge in [-0.25, -0.2) is 0 Å². The number of hydrogen-bond acceptors (Lipinski definition) is 5. The van der Waals surface area contributed by atoms with E-state index in [0.717, 1.165) is 0 Å². The third kappa shape index (κ3) is 5.40. The lowest BCUT2D eigenvalue weighted by molar-refractivity contribution is -0.193. The van der Waals surface area contributed by atoms with Crippen LogP contribution in [0.5, 0.6) is 0 Å². The van der Waals surface area contributed by atoms with E-state index in [1.807, 2.05) is 18.2 Å². The smallest absolute Gasteiger partial charge is 0.351 e. The average Bonchev–Trinajstić information content (AvgIpc) is 2.65. The van der Waals surface area contributed by atoms with Crippen LogP contribution in [0.15, 0.2) is 30.3 Å². The minimum Gasteiger partial charge on any atom is -0.351 e. The Bertz CT molecular complexity index is 486. The molecule has 1 heterocycles. The lowest BCUT2D eigenvalue weighted by Crippen LogP contribution is -2.38. The summed E-state index contributed by atoms with van der Waals surface area (Å²) in [6, 6.07) is 10.2. The van der Waals surface area contributed by atoms with E-state index >= 15 is 0 Å². The maximum absolute atomic E-state index is 11.3. The molecule has 20 heavy (non-hydrogen) atoms. The summed E-state index contributed by atoms with van der Waals surface area (Å²) >= 11 is 0. The van der Waals surface area contributed by atoms with Gasteiger partial charge in [0, 0.05) is 17.9 Å². The Labute approximate surface area is 116 Å². The fourth-order valence-electron chi connectivity index (χ4n) is 2.16. The van der Waals surface area contributed by atoms with Crippen molar-refractivity contribution in [3.63, 3.8) is 0 Å². The van der Waals surface area contributed by atoms with Gasteiger partial charge in [0.15, 0.2) is 0 Å². The van der Waals surface area contributed by atoms with Crippen LogP contribution in [0.4, 0.5) is 0 Å². The number of carbonyl (C=O) groups excluding carboxylic acids is 5. The first-order valence-electron chi connectivity index (χ1n) is 5.77. The summed E-state index contributed by atoms with van der Waals surface area (Å²) in [6.07, 6.45) is 1.11. The highest BCUT2D eigenvalue weighted by molar-refractivity contribution is 5.81. The van der Waals surface area contributed by atoms with Crippen molar-refractivity contribution in [3.8, 4) is 0 Å². The third-order valence-corrected chi connectivity index (χ3v) is 2.92. The van der Waals surface area contributed by atoms with Gasteiger partial charge in [-0.05, 0) is 19.4 Å². The summed E-state index contributed by atoms with van der Waals surface area (Å²) in [7, 11) is 0. The van der Waals surface area contributed by atoms with Crippen molar-refractivity contribution in [2.75, 3.05) is 0 Å². The fraction of sp³-hybridized carbons (Fsp3) is 0.357. The molecular formula is C14H15NO5. The van der Waals surface area contributed by atoms with Crippen LogP contribution in [0, 0.1) is 0 Å². The molecule has 0 saturated carbocycles. The standard InChI is InChI=1S/C12H15NO.2CO2/c1-12(2)10(8-11(14)13-12)9-6-4-3-5-7-9;2*2-1-3/h3-7,10H,8H2,1-2H3,(H,13,14);;/t10-;;/m1../s1. The maximum Gasteiger partial charge on any atom is 0.373 e. The van der Waals surface area contributed by atoms with Gasteiger partial charge >= 0.3 is 12.3 Å². The summed E-state index contributed by atoms with van der Waals surface area (Å²) in [5.41, 5.74) is 1.13. The highest BCUT2D eigenvalue weighted by Gasteiger charge is 2.39. The fourth-order valence-corrected chi connectivity index (χ4v) is 2.16. The molecule has 2 rings (SSSR count). The van der Waals surface area contributed by atoms with E-state index in [4.69, 9.17) is 19.2 Å². The van der Waals surface area contributed by atoms with Gasteiger partial charge in [-0.2, -0.15) is 19.2 Å². The monoisotopic (exact) mass is 277 g/mol. The molecule has 1 aromatic rings. The van der Waals surface area contributed by atoms with Gasteiger partial charge in [0.1, 0.15) is 0 Å². The van der Waals surface area contributed by atoms with E-state index in [0.29, 0.717) is 12.3 Å². The second-order valence-electron chi connectivity index (χ2n) is 4.60. The highest BCUT2D eigenvalue weighted by atomic mass is 16.2. The van der Waals surface area contributed by atoms with Gasteiger partial charge in [-0.1, -0.05) is 30.3 Å². The van der Waals surface area contributed by atoms with E-state index in [9.17, 15) is 4.79 Å². The van der Waals surface area contributed by atoms with Crippen LogP contribution in [0.25, 0.3) is 0 Å². The first-order valence-corrected chi connectivity index (χ1v) is 5.77. The van der Waals surface area contributed by atoms with Crippen LogP contribution >= 0.6 is 0 Å². The second kappa shape index (κ2) is 8.53. The van der Waals surface area contributed by atoms with Gasteiger partial charge in [-0.15, -0.1) is 0 Å². The molecule has 0 spiro atoms. The summed E-state index contributed by atoms with van der Waals surface area (Å²) in [4.78, 5) is 43.8. The predicted octanol–water partition coefficient (Wildman–Crippen LogP) is 0.902. The largest absolute Gasteiger partial charge is 0.373 e. The SMILES string of the molecule is CC1(C)NC(=O)C[C@@H]1c1ccccc1.O=C=O.O=C=O. The molecule has 1 amide bonds. The van der Waals surface area contributed by atoms with Crippen molar-refractivity contribution < 1.29 is 24.0 Å². The van der Waals surface area contributed by atoms with Crippen LogP contribution in [0.2, 0.25) is 0 Å². The summed E-state index contributed by atoms with van der Waals surface area (Å²) in [5.74, 6) is 0.458. The van der Waals surface area contributed by atoms with Crippen LogP contribution in [-0.4, -0.2) is 23.7 Å². The van der Waals surface area contributed by atoms with Crippen molar-refractivity contribution in [3.05, 3.63) is 35.9 Å². The number of benzene rings is 1. The van der Waals surface area contributed by atoms with E-state index in [-0.39, 0.29) is 23.7 Å². The van der Waals surface area contributed by atoms with E-state index in [1.165, 1.54) is 5.56 Å². The van der Waals surface area contributed by atoms with Gasteiger partial charge in [0.05, 0.1) is 0 Å². The Morgan fingerprint density at radius 1 is 1.05 bits per heavy atom. The van der Waals surface area contributed by atoms with Gasteiger partial charge in [-0.3, -0.25) is 4.79 Å². The molecule has 6 nitrogen and oxygen atoms in total. The van der Waals surface area contributed by atoms with Crippen molar-refractivity contribution in [1.82, 2.24) is 5.32 Å². The van der Waals surface area contributed by atoms with E-state index in [2.05, 4.69) is 31.3 Å². The third-order valence-electron chi connectivity index (χ3n) is 2.92. The number of nitrogens with one attached hydrogen (secondary N) is 1. The Balaban J connectivity index is 0.000000520. The highest BCUT2D eigenvalue weighted by Crippen LogP contribution is 2.35. The number of rotatable bonds is 1. The molecular weight excluding hydrogens is 262 g/mol. The molecule has 1 fully saturated rings. The molecule has 1 atom stereocenters. The van der Waals surface area contributed by atoms with Crippen LogP contribution in [0.1, 0.15) is 31.7 Å². The zero-order chi connectivity index (χ0) is 15.6. The molecule has 0 bridgehead atoms. The lowest BCUT2D eigenvalue weighted by Gasteiger charge is -2.26.